The molecule has 1 aliphatic heterocycles. The van der Waals surface area contributed by atoms with Gasteiger partial charge >= 0.3 is 6.03 Å². The highest BCUT2D eigenvalue weighted by Gasteiger charge is 2.27. The summed E-state index contributed by atoms with van der Waals surface area (Å²) in [4.78, 5) is 30.0. The Bertz CT molecular complexity index is 1290. The van der Waals surface area contributed by atoms with Crippen LogP contribution in [-0.2, 0) is 11.2 Å². The molecule has 5 rings (SSSR count). The average molecular weight is 493 g/mol. The van der Waals surface area contributed by atoms with Crippen LogP contribution in [0.15, 0.2) is 71.7 Å². The molecule has 34 heavy (non-hydrogen) atoms. The summed E-state index contributed by atoms with van der Waals surface area (Å²) in [5.74, 6) is -0.214. The molecule has 1 fully saturated rings. The first kappa shape index (κ1) is 22.4. The fourth-order valence-corrected chi connectivity index (χ4v) is 4.24. The number of rotatable bonds is 5. The Balaban J connectivity index is 1.48. The van der Waals surface area contributed by atoms with Crippen LogP contribution in [0.2, 0.25) is 10.0 Å². The van der Waals surface area contributed by atoms with Crippen LogP contribution in [0.25, 0.3) is 0 Å². The van der Waals surface area contributed by atoms with Gasteiger partial charge in [-0.3, -0.25) is 9.79 Å². The molecular formula is C26H22Cl2N4O2. The molecular weight excluding hydrogens is 471 g/mol. The number of benzodiazepines with no additional fused rings is 1. The maximum absolute atomic E-state index is 13.1. The molecule has 8 heteroatoms. The second-order valence-electron chi connectivity index (χ2n) is 8.42. The summed E-state index contributed by atoms with van der Waals surface area (Å²) in [5, 5.41) is 9.86. The molecule has 0 saturated heterocycles. The van der Waals surface area contributed by atoms with Gasteiger partial charge in [-0.25, -0.2) is 4.79 Å². The largest absolute Gasteiger partial charge is 0.335 e. The second kappa shape index (κ2) is 9.49. The first-order valence-corrected chi connectivity index (χ1v) is 11.8. The average Bonchev–Trinajstić information content (AvgIpc) is 3.64. The third-order valence-electron chi connectivity index (χ3n) is 5.78. The van der Waals surface area contributed by atoms with Gasteiger partial charge in [0.2, 0.25) is 5.91 Å². The van der Waals surface area contributed by atoms with Gasteiger partial charge < -0.3 is 16.0 Å². The smallest absolute Gasteiger partial charge is 0.319 e. The summed E-state index contributed by atoms with van der Waals surface area (Å²) in [6.07, 6.45) is 2.41. The fraction of sp³-hybridized carbons (Fsp3) is 0.192. The van der Waals surface area contributed by atoms with E-state index in [1.54, 1.807) is 24.3 Å². The van der Waals surface area contributed by atoms with Crippen LogP contribution in [0, 0.1) is 0 Å². The zero-order valence-corrected chi connectivity index (χ0v) is 19.7. The van der Waals surface area contributed by atoms with E-state index in [0.717, 1.165) is 29.5 Å². The minimum atomic E-state index is -0.678. The summed E-state index contributed by atoms with van der Waals surface area (Å²) in [6.45, 7) is 0. The zero-order valence-electron chi connectivity index (χ0n) is 18.1. The molecule has 1 aliphatic carbocycles. The molecule has 0 bridgehead atoms. The summed E-state index contributed by atoms with van der Waals surface area (Å²) in [5.41, 5.74) is 4.33. The number of anilines is 2. The van der Waals surface area contributed by atoms with Gasteiger partial charge in [-0.1, -0.05) is 53.5 Å². The highest BCUT2D eigenvalue weighted by Crippen LogP contribution is 2.29. The Labute approximate surface area is 207 Å². The first-order chi connectivity index (χ1) is 16.5. The van der Waals surface area contributed by atoms with E-state index in [-0.39, 0.29) is 18.0 Å². The minimum absolute atomic E-state index is 0.214. The van der Waals surface area contributed by atoms with Gasteiger partial charge in [0.15, 0.2) is 0 Å². The van der Waals surface area contributed by atoms with Crippen LogP contribution < -0.4 is 16.0 Å². The molecule has 3 amide bonds. The lowest BCUT2D eigenvalue weighted by Crippen LogP contribution is -2.30. The van der Waals surface area contributed by atoms with Crippen LogP contribution in [0.1, 0.15) is 29.5 Å². The predicted molar refractivity (Wildman–Crippen MR) is 136 cm³/mol. The second-order valence-corrected chi connectivity index (χ2v) is 9.26. The number of nitrogens with zero attached hydrogens (tertiary/aromatic N) is 1. The van der Waals surface area contributed by atoms with E-state index in [2.05, 4.69) is 16.0 Å². The fourth-order valence-electron chi connectivity index (χ4n) is 3.85. The number of nitrogens with one attached hydrogen (secondary N) is 3. The predicted octanol–water partition coefficient (Wildman–Crippen LogP) is 5.68. The molecule has 3 N–H and O–H groups in total. The van der Waals surface area contributed by atoms with Crippen LogP contribution in [-0.4, -0.2) is 29.7 Å². The van der Waals surface area contributed by atoms with Crippen molar-refractivity contribution in [1.29, 1.82) is 0 Å². The summed E-state index contributed by atoms with van der Waals surface area (Å²) in [6, 6.07) is 19.5. The van der Waals surface area contributed by atoms with Gasteiger partial charge in [0.05, 0.1) is 11.4 Å². The van der Waals surface area contributed by atoms with Crippen molar-refractivity contribution in [2.24, 2.45) is 4.99 Å². The molecule has 1 heterocycles. The van der Waals surface area contributed by atoms with Gasteiger partial charge in [-0.15, -0.1) is 0 Å². The van der Waals surface area contributed by atoms with Gasteiger partial charge in [0.25, 0.3) is 0 Å². The van der Waals surface area contributed by atoms with Crippen molar-refractivity contribution < 1.29 is 9.59 Å². The van der Waals surface area contributed by atoms with Crippen molar-refractivity contribution in [3.8, 4) is 0 Å². The number of benzene rings is 3. The standard InChI is InChI=1S/C26H22Cl2N4O2/c27-17-7-12-22-20(14-17)24(15-5-8-18(9-6-15)29-26(34)30-19-10-11-19)31-23(25(33)32-22)13-16-3-1-2-4-21(16)28/h1-9,12,14,19,23H,10-11,13H2,(H,32,33)(H2,29,30,34). The van der Waals surface area contributed by atoms with Crippen molar-refractivity contribution in [3.63, 3.8) is 0 Å². The normalized spacial score (nSPS) is 17.2. The van der Waals surface area contributed by atoms with E-state index in [9.17, 15) is 9.59 Å². The van der Waals surface area contributed by atoms with Gasteiger partial charge in [-0.2, -0.15) is 0 Å². The monoisotopic (exact) mass is 492 g/mol. The Morgan fingerprint density at radius 1 is 1.03 bits per heavy atom. The SMILES string of the molecule is O=C(Nc1ccc(C2=NC(Cc3ccccc3Cl)C(=O)Nc3ccc(Cl)cc32)cc1)NC1CC1. The van der Waals surface area contributed by atoms with Crippen LogP contribution >= 0.6 is 23.2 Å². The number of urea groups is 1. The minimum Gasteiger partial charge on any atom is -0.335 e. The highest BCUT2D eigenvalue weighted by atomic mass is 35.5. The number of carbonyl (C=O) groups is 2. The molecule has 1 unspecified atom stereocenters. The van der Waals surface area contributed by atoms with Crippen molar-refractivity contribution in [3.05, 3.63) is 93.5 Å². The number of hydrogen-bond acceptors (Lipinski definition) is 3. The molecule has 3 aromatic carbocycles. The van der Waals surface area contributed by atoms with E-state index in [4.69, 9.17) is 28.2 Å². The lowest BCUT2D eigenvalue weighted by molar-refractivity contribution is -0.117. The number of halogens is 2. The van der Waals surface area contributed by atoms with Gasteiger partial charge in [-0.05, 0) is 54.8 Å². The molecule has 0 spiro atoms. The number of amides is 3. The third kappa shape index (κ3) is 5.08. The van der Waals surface area contributed by atoms with Crippen molar-refractivity contribution >= 4 is 52.2 Å². The lowest BCUT2D eigenvalue weighted by atomic mass is 10.00. The van der Waals surface area contributed by atoms with Crippen molar-refractivity contribution in [2.45, 2.75) is 31.3 Å². The molecule has 1 saturated carbocycles. The Morgan fingerprint density at radius 2 is 1.79 bits per heavy atom. The van der Waals surface area contributed by atoms with Crippen LogP contribution in [0.3, 0.4) is 0 Å². The summed E-state index contributed by atoms with van der Waals surface area (Å²) < 4.78 is 0. The number of fused-ring (bicyclic) bond motifs is 1. The first-order valence-electron chi connectivity index (χ1n) is 11.1. The Morgan fingerprint density at radius 3 is 2.53 bits per heavy atom. The molecule has 2 aliphatic rings. The lowest BCUT2D eigenvalue weighted by Gasteiger charge is -2.13. The summed E-state index contributed by atoms with van der Waals surface area (Å²) in [7, 11) is 0. The quantitative estimate of drug-likeness (QED) is 0.428. The Hall–Kier alpha value is -3.35. The van der Waals surface area contributed by atoms with E-state index in [0.29, 0.717) is 33.6 Å². The summed E-state index contributed by atoms with van der Waals surface area (Å²) >= 11 is 12.6. The molecule has 3 aromatic rings. The topological polar surface area (TPSA) is 82.6 Å². The number of aliphatic imine (C=N–C) groups is 1. The Kier molecular flexibility index (Phi) is 6.26. The van der Waals surface area contributed by atoms with Crippen LogP contribution in [0.5, 0.6) is 0 Å². The van der Waals surface area contributed by atoms with Crippen LogP contribution in [0.4, 0.5) is 16.2 Å². The van der Waals surface area contributed by atoms with E-state index in [1.165, 1.54) is 0 Å². The van der Waals surface area contributed by atoms with Crippen molar-refractivity contribution in [2.75, 3.05) is 10.6 Å². The van der Waals surface area contributed by atoms with E-state index >= 15 is 0 Å². The third-order valence-corrected chi connectivity index (χ3v) is 6.39. The van der Waals surface area contributed by atoms with E-state index in [1.807, 2.05) is 42.5 Å². The number of carbonyl (C=O) groups excluding carboxylic acids is 2. The van der Waals surface area contributed by atoms with Crippen molar-refractivity contribution in [1.82, 2.24) is 5.32 Å². The molecule has 172 valence electrons. The maximum atomic E-state index is 13.1. The molecule has 0 radical (unpaired) electrons. The highest BCUT2D eigenvalue weighted by molar-refractivity contribution is 6.32. The van der Waals surface area contributed by atoms with Gasteiger partial charge in [0, 0.05) is 39.3 Å². The van der Waals surface area contributed by atoms with Gasteiger partial charge in [0.1, 0.15) is 6.04 Å². The number of hydrogen-bond donors (Lipinski definition) is 3. The zero-order chi connectivity index (χ0) is 23.7. The maximum Gasteiger partial charge on any atom is 0.319 e. The molecule has 1 atom stereocenters. The van der Waals surface area contributed by atoms with E-state index < -0.39 is 6.04 Å². The molecule has 0 aromatic heterocycles. The molecule has 6 nitrogen and oxygen atoms in total.